The number of rotatable bonds is 6. The fraction of sp³-hybridized carbons (Fsp3) is 0.636. The molecule has 1 saturated heterocycles. The SMILES string of the molecule is C[C@H](OC(=O)[C@@H]1CCCN1S(=O)(=O)c1ccc2c(c1)OCCO2)C(=O)NC1CCCCC1. The molecule has 1 aromatic rings. The van der Waals surface area contributed by atoms with Crippen molar-refractivity contribution in [1.29, 1.82) is 0 Å². The van der Waals surface area contributed by atoms with Crippen molar-refractivity contribution in [3.05, 3.63) is 18.2 Å². The van der Waals surface area contributed by atoms with Gasteiger partial charge in [0.25, 0.3) is 5.91 Å². The smallest absolute Gasteiger partial charge is 0.325 e. The van der Waals surface area contributed by atoms with E-state index in [1.54, 1.807) is 6.07 Å². The number of amides is 1. The second-order valence-corrected chi connectivity index (χ2v) is 10.4. The number of ether oxygens (including phenoxy) is 3. The molecule has 1 amide bonds. The monoisotopic (exact) mass is 466 g/mol. The number of nitrogens with zero attached hydrogens (tertiary/aromatic N) is 1. The molecular weight excluding hydrogens is 436 g/mol. The largest absolute Gasteiger partial charge is 0.486 e. The summed E-state index contributed by atoms with van der Waals surface area (Å²) in [5.74, 6) is -0.187. The Balaban J connectivity index is 1.42. The third kappa shape index (κ3) is 4.85. The van der Waals surface area contributed by atoms with Gasteiger partial charge in [0.1, 0.15) is 19.3 Å². The average Bonchev–Trinajstić information content (AvgIpc) is 3.30. The van der Waals surface area contributed by atoms with E-state index in [1.165, 1.54) is 25.5 Å². The van der Waals surface area contributed by atoms with Gasteiger partial charge in [0.05, 0.1) is 4.90 Å². The number of fused-ring (bicyclic) bond motifs is 1. The molecule has 4 rings (SSSR count). The van der Waals surface area contributed by atoms with Gasteiger partial charge in [0, 0.05) is 18.7 Å². The quantitative estimate of drug-likeness (QED) is 0.638. The van der Waals surface area contributed by atoms with Crippen LogP contribution in [0.2, 0.25) is 0 Å². The Morgan fingerprint density at radius 1 is 1.06 bits per heavy atom. The van der Waals surface area contributed by atoms with Crippen molar-refractivity contribution in [2.45, 2.75) is 75.0 Å². The van der Waals surface area contributed by atoms with Gasteiger partial charge >= 0.3 is 5.97 Å². The zero-order chi connectivity index (χ0) is 22.7. The number of hydrogen-bond acceptors (Lipinski definition) is 7. The minimum Gasteiger partial charge on any atom is -0.486 e. The van der Waals surface area contributed by atoms with Crippen LogP contribution < -0.4 is 14.8 Å². The van der Waals surface area contributed by atoms with E-state index in [1.807, 2.05) is 0 Å². The number of hydrogen-bond donors (Lipinski definition) is 1. The molecule has 0 bridgehead atoms. The summed E-state index contributed by atoms with van der Waals surface area (Å²) in [6.45, 7) is 2.48. The summed E-state index contributed by atoms with van der Waals surface area (Å²) in [7, 11) is -3.95. The molecule has 1 N–H and O–H groups in total. The molecule has 2 heterocycles. The van der Waals surface area contributed by atoms with Crippen LogP contribution >= 0.6 is 0 Å². The van der Waals surface area contributed by atoms with Gasteiger partial charge in [-0.15, -0.1) is 0 Å². The number of nitrogens with one attached hydrogen (secondary N) is 1. The van der Waals surface area contributed by atoms with Crippen molar-refractivity contribution in [2.24, 2.45) is 0 Å². The normalized spacial score (nSPS) is 22.8. The highest BCUT2D eigenvalue weighted by molar-refractivity contribution is 7.89. The van der Waals surface area contributed by atoms with Crippen molar-refractivity contribution < 1.29 is 32.2 Å². The van der Waals surface area contributed by atoms with Crippen LogP contribution in [0.1, 0.15) is 51.9 Å². The molecule has 2 atom stereocenters. The Morgan fingerprint density at radius 2 is 1.78 bits per heavy atom. The van der Waals surface area contributed by atoms with E-state index in [-0.39, 0.29) is 23.4 Å². The molecule has 0 unspecified atom stereocenters. The van der Waals surface area contributed by atoms with Crippen molar-refractivity contribution in [1.82, 2.24) is 9.62 Å². The number of carbonyl (C=O) groups is 2. The molecule has 3 aliphatic rings. The van der Waals surface area contributed by atoms with E-state index in [0.717, 1.165) is 30.0 Å². The average molecular weight is 467 g/mol. The maximum absolute atomic E-state index is 13.3. The summed E-state index contributed by atoms with van der Waals surface area (Å²) < 4.78 is 44.0. The van der Waals surface area contributed by atoms with E-state index in [0.29, 0.717) is 37.6 Å². The molecule has 0 aromatic heterocycles. The van der Waals surface area contributed by atoms with Gasteiger partial charge in [0.2, 0.25) is 10.0 Å². The summed E-state index contributed by atoms with van der Waals surface area (Å²) in [5, 5.41) is 2.94. The van der Waals surface area contributed by atoms with Gasteiger partial charge in [-0.25, -0.2) is 8.42 Å². The van der Waals surface area contributed by atoms with E-state index in [2.05, 4.69) is 5.32 Å². The van der Waals surface area contributed by atoms with Crippen LogP contribution in [0.25, 0.3) is 0 Å². The molecule has 10 heteroatoms. The highest BCUT2D eigenvalue weighted by Crippen LogP contribution is 2.35. The number of esters is 1. The standard InChI is InChI=1S/C22H30N2O7S/c1-15(21(25)23-16-6-3-2-4-7-16)31-22(26)18-8-5-11-24(18)32(27,28)17-9-10-19-20(14-17)30-13-12-29-19/h9-10,14-16,18H,2-8,11-13H2,1H3,(H,23,25)/t15-,18-/m0/s1. The Labute approximate surface area is 188 Å². The van der Waals surface area contributed by atoms with Crippen LogP contribution in [0, 0.1) is 0 Å². The predicted molar refractivity (Wildman–Crippen MR) is 115 cm³/mol. The summed E-state index contributed by atoms with van der Waals surface area (Å²) in [6.07, 6.45) is 5.08. The first-order chi connectivity index (χ1) is 15.4. The Hall–Kier alpha value is -2.33. The van der Waals surface area contributed by atoms with Crippen molar-refractivity contribution in [3.63, 3.8) is 0 Å². The van der Waals surface area contributed by atoms with Gasteiger partial charge in [-0.05, 0) is 44.7 Å². The molecule has 0 radical (unpaired) electrons. The van der Waals surface area contributed by atoms with E-state index < -0.39 is 28.1 Å². The maximum atomic E-state index is 13.3. The van der Waals surface area contributed by atoms with Crippen LogP contribution in [0.15, 0.2) is 23.1 Å². The molecule has 1 aliphatic carbocycles. The van der Waals surface area contributed by atoms with Crippen molar-refractivity contribution in [2.75, 3.05) is 19.8 Å². The fourth-order valence-electron chi connectivity index (χ4n) is 4.45. The Kier molecular flexibility index (Phi) is 6.90. The molecule has 0 spiro atoms. The first kappa shape index (κ1) is 22.8. The van der Waals surface area contributed by atoms with Crippen LogP contribution in [-0.4, -0.2) is 62.5 Å². The van der Waals surface area contributed by atoms with Gasteiger partial charge < -0.3 is 19.5 Å². The molecule has 176 valence electrons. The van der Waals surface area contributed by atoms with Crippen molar-refractivity contribution >= 4 is 21.9 Å². The fourth-order valence-corrected chi connectivity index (χ4v) is 6.12. The lowest BCUT2D eigenvalue weighted by Crippen LogP contribution is -2.46. The summed E-state index contributed by atoms with van der Waals surface area (Å²) >= 11 is 0. The van der Waals surface area contributed by atoms with Crippen LogP contribution in [0.5, 0.6) is 11.5 Å². The van der Waals surface area contributed by atoms with Gasteiger partial charge in [0.15, 0.2) is 17.6 Å². The predicted octanol–water partition coefficient (Wildman–Crippen LogP) is 1.99. The van der Waals surface area contributed by atoms with E-state index >= 15 is 0 Å². The van der Waals surface area contributed by atoms with Gasteiger partial charge in [-0.1, -0.05) is 19.3 Å². The Morgan fingerprint density at radius 3 is 2.53 bits per heavy atom. The molecule has 32 heavy (non-hydrogen) atoms. The summed E-state index contributed by atoms with van der Waals surface area (Å²) in [6, 6.07) is 3.57. The van der Waals surface area contributed by atoms with Crippen LogP contribution in [0.4, 0.5) is 0 Å². The second kappa shape index (κ2) is 9.66. The van der Waals surface area contributed by atoms with Gasteiger partial charge in [-0.2, -0.15) is 4.31 Å². The second-order valence-electron chi connectivity index (χ2n) is 8.50. The van der Waals surface area contributed by atoms with Crippen LogP contribution in [-0.2, 0) is 24.3 Å². The summed E-state index contributed by atoms with van der Waals surface area (Å²) in [4.78, 5) is 25.3. The van der Waals surface area contributed by atoms with E-state index in [9.17, 15) is 18.0 Å². The van der Waals surface area contributed by atoms with Gasteiger partial charge in [-0.3, -0.25) is 9.59 Å². The molecule has 2 fully saturated rings. The first-order valence-corrected chi connectivity index (χ1v) is 12.7. The Bertz CT molecular complexity index is 959. The molecule has 1 saturated carbocycles. The van der Waals surface area contributed by atoms with Crippen LogP contribution in [0.3, 0.4) is 0 Å². The zero-order valence-corrected chi connectivity index (χ0v) is 19.1. The minimum atomic E-state index is -3.95. The third-order valence-corrected chi connectivity index (χ3v) is 8.11. The highest BCUT2D eigenvalue weighted by Gasteiger charge is 2.41. The topological polar surface area (TPSA) is 111 Å². The lowest BCUT2D eigenvalue weighted by molar-refractivity contribution is -0.158. The first-order valence-electron chi connectivity index (χ1n) is 11.3. The third-order valence-electron chi connectivity index (χ3n) is 6.21. The number of benzene rings is 1. The lowest BCUT2D eigenvalue weighted by Gasteiger charge is -2.26. The van der Waals surface area contributed by atoms with Crippen molar-refractivity contribution in [3.8, 4) is 11.5 Å². The zero-order valence-electron chi connectivity index (χ0n) is 18.2. The molecule has 2 aliphatic heterocycles. The molecular formula is C22H30N2O7S. The highest BCUT2D eigenvalue weighted by atomic mass is 32.2. The van der Waals surface area contributed by atoms with E-state index in [4.69, 9.17) is 14.2 Å². The molecule has 1 aromatic carbocycles. The minimum absolute atomic E-state index is 0.0320. The lowest BCUT2D eigenvalue weighted by atomic mass is 9.95. The molecule has 9 nitrogen and oxygen atoms in total. The summed E-state index contributed by atoms with van der Waals surface area (Å²) in [5.41, 5.74) is 0. The number of sulfonamides is 1. The number of carbonyl (C=O) groups excluding carboxylic acids is 2. The maximum Gasteiger partial charge on any atom is 0.325 e.